The number of hydrogen-bond acceptors (Lipinski definition) is 8. The van der Waals surface area contributed by atoms with Gasteiger partial charge >= 0.3 is 12.1 Å². The minimum Gasteiger partial charge on any atom is -0.508 e. The largest absolute Gasteiger partial charge is 0.508 e. The molecule has 0 radical (unpaired) electrons. The zero-order valence-electron chi connectivity index (χ0n) is 26.8. The van der Waals surface area contributed by atoms with Gasteiger partial charge in [-0.05, 0) is 81.7 Å². The van der Waals surface area contributed by atoms with Gasteiger partial charge in [-0.3, -0.25) is 14.4 Å². The lowest BCUT2D eigenvalue weighted by Crippen LogP contribution is -2.54. The van der Waals surface area contributed by atoms with E-state index in [-0.39, 0.29) is 43.5 Å². The van der Waals surface area contributed by atoms with Crippen LogP contribution < -0.4 is 21.3 Å². The van der Waals surface area contributed by atoms with Crippen molar-refractivity contribution in [3.05, 3.63) is 65.7 Å². The number of benzene rings is 2. The monoisotopic (exact) mass is 658 g/mol. The minimum absolute atomic E-state index is 0.0824. The number of ether oxygens (including phenoxy) is 1. The molecule has 0 aliphatic heterocycles. The molecule has 4 amide bonds. The van der Waals surface area contributed by atoms with E-state index in [0.29, 0.717) is 25.0 Å². The smallest absolute Gasteiger partial charge is 0.407 e. The number of carboxylic acids is 1. The summed E-state index contributed by atoms with van der Waals surface area (Å²) >= 11 is 1.46. The fraction of sp³-hybridized carbons (Fsp3) is 0.485. The zero-order valence-corrected chi connectivity index (χ0v) is 27.7. The SMILES string of the molecule is CSCC[C@H](NC(=O)[C@H](Cc1ccccc1)NC(=O)CNC(=O)CCCC(Cc1ccc(O)cc1)NC(=O)OC(C)(C)C)C(=O)O. The van der Waals surface area contributed by atoms with Gasteiger partial charge in [0.1, 0.15) is 23.4 Å². The van der Waals surface area contributed by atoms with Crippen LogP contribution in [0.25, 0.3) is 0 Å². The predicted octanol–water partition coefficient (Wildman–Crippen LogP) is 3.16. The maximum atomic E-state index is 13.1. The molecule has 0 spiro atoms. The molecule has 46 heavy (non-hydrogen) atoms. The number of rotatable bonds is 18. The van der Waals surface area contributed by atoms with Gasteiger partial charge in [-0.25, -0.2) is 9.59 Å². The van der Waals surface area contributed by atoms with Gasteiger partial charge in [0, 0.05) is 18.9 Å². The van der Waals surface area contributed by atoms with Crippen LogP contribution in [0.3, 0.4) is 0 Å². The summed E-state index contributed by atoms with van der Waals surface area (Å²) in [4.78, 5) is 62.5. The minimum atomic E-state index is -1.16. The molecular formula is C33H46N4O8S. The lowest BCUT2D eigenvalue weighted by atomic mass is 10.0. The molecule has 0 heterocycles. The molecule has 2 rings (SSSR count). The van der Waals surface area contributed by atoms with Gasteiger partial charge < -0.3 is 36.2 Å². The van der Waals surface area contributed by atoms with E-state index in [1.54, 1.807) is 69.3 Å². The Hall–Kier alpha value is -4.26. The molecular weight excluding hydrogens is 612 g/mol. The van der Waals surface area contributed by atoms with Crippen molar-refractivity contribution in [2.24, 2.45) is 0 Å². The summed E-state index contributed by atoms with van der Waals surface area (Å²) in [6.07, 6.45) is 3.00. The van der Waals surface area contributed by atoms with E-state index in [1.165, 1.54) is 11.8 Å². The average Bonchev–Trinajstić information content (AvgIpc) is 2.98. The highest BCUT2D eigenvalue weighted by atomic mass is 32.2. The number of phenols is 1. The lowest BCUT2D eigenvalue weighted by molar-refractivity contribution is -0.142. The Morgan fingerprint density at radius 2 is 1.48 bits per heavy atom. The first kappa shape index (κ1) is 37.9. The van der Waals surface area contributed by atoms with E-state index in [9.17, 15) is 34.2 Å². The molecule has 0 fully saturated rings. The number of nitrogens with one attached hydrogen (secondary N) is 4. The summed E-state index contributed by atoms with van der Waals surface area (Å²) in [7, 11) is 0. The molecule has 0 aromatic heterocycles. The van der Waals surface area contributed by atoms with Crippen LogP contribution in [-0.2, 0) is 36.8 Å². The number of aromatic hydroxyl groups is 1. The summed E-state index contributed by atoms with van der Waals surface area (Å²) in [6, 6.07) is 13.1. The van der Waals surface area contributed by atoms with E-state index in [4.69, 9.17) is 4.74 Å². The number of phenolic OH excluding ortho intramolecular Hbond substituents is 1. The van der Waals surface area contributed by atoms with Crippen LogP contribution in [0.5, 0.6) is 5.75 Å². The number of thioether (sulfide) groups is 1. The molecule has 0 saturated carbocycles. The number of carbonyl (C=O) groups excluding carboxylic acids is 4. The van der Waals surface area contributed by atoms with Gasteiger partial charge in [-0.15, -0.1) is 0 Å². The Morgan fingerprint density at radius 1 is 0.826 bits per heavy atom. The number of hydrogen-bond donors (Lipinski definition) is 6. The second kappa shape index (κ2) is 19.3. The van der Waals surface area contributed by atoms with E-state index < -0.39 is 41.6 Å². The van der Waals surface area contributed by atoms with Crippen molar-refractivity contribution >= 4 is 41.5 Å². The Bertz CT molecular complexity index is 1280. The van der Waals surface area contributed by atoms with Crippen molar-refractivity contribution in [2.45, 2.75) is 83.0 Å². The third-order valence-electron chi connectivity index (χ3n) is 6.70. The highest BCUT2D eigenvalue weighted by Crippen LogP contribution is 2.15. The molecule has 3 atom stereocenters. The summed E-state index contributed by atoms with van der Waals surface area (Å²) in [5.41, 5.74) is 0.971. The highest BCUT2D eigenvalue weighted by molar-refractivity contribution is 7.98. The second-order valence-corrected chi connectivity index (χ2v) is 12.9. The Labute approximate surface area is 274 Å². The van der Waals surface area contributed by atoms with Crippen LogP contribution in [0.4, 0.5) is 4.79 Å². The Morgan fingerprint density at radius 3 is 2.09 bits per heavy atom. The first-order valence-corrected chi connectivity index (χ1v) is 16.5. The van der Waals surface area contributed by atoms with Crippen LogP contribution in [0.2, 0.25) is 0 Å². The highest BCUT2D eigenvalue weighted by Gasteiger charge is 2.27. The molecule has 6 N–H and O–H groups in total. The van der Waals surface area contributed by atoms with Crippen molar-refractivity contribution in [1.29, 1.82) is 0 Å². The summed E-state index contributed by atoms with van der Waals surface area (Å²) in [5, 5.41) is 29.7. The van der Waals surface area contributed by atoms with E-state index in [0.717, 1.165) is 11.1 Å². The third kappa shape index (κ3) is 15.6. The molecule has 0 aliphatic carbocycles. The molecule has 12 nitrogen and oxygen atoms in total. The number of carbonyl (C=O) groups is 5. The van der Waals surface area contributed by atoms with Gasteiger partial charge in [-0.2, -0.15) is 11.8 Å². The van der Waals surface area contributed by atoms with Crippen molar-refractivity contribution in [3.8, 4) is 5.75 Å². The summed E-state index contributed by atoms with van der Waals surface area (Å²) < 4.78 is 5.38. The van der Waals surface area contributed by atoms with Gasteiger partial charge in [0.05, 0.1) is 6.54 Å². The van der Waals surface area contributed by atoms with Crippen LogP contribution in [0.1, 0.15) is 57.6 Å². The van der Waals surface area contributed by atoms with Crippen LogP contribution >= 0.6 is 11.8 Å². The lowest BCUT2D eigenvalue weighted by Gasteiger charge is -2.24. The predicted molar refractivity (Wildman–Crippen MR) is 176 cm³/mol. The van der Waals surface area contributed by atoms with Crippen LogP contribution in [0, 0.1) is 0 Å². The number of aliphatic carboxylic acids is 1. The fourth-order valence-corrected chi connectivity index (χ4v) is 4.93. The third-order valence-corrected chi connectivity index (χ3v) is 7.35. The summed E-state index contributed by atoms with van der Waals surface area (Å²) in [6.45, 7) is 4.91. The second-order valence-electron chi connectivity index (χ2n) is 11.9. The Balaban J connectivity index is 1.94. The molecule has 0 saturated heterocycles. The van der Waals surface area contributed by atoms with Crippen LogP contribution in [0.15, 0.2) is 54.6 Å². The quantitative estimate of drug-likeness (QED) is 0.140. The van der Waals surface area contributed by atoms with Gasteiger partial charge in [-0.1, -0.05) is 42.5 Å². The van der Waals surface area contributed by atoms with Gasteiger partial charge in [0.15, 0.2) is 0 Å². The first-order chi connectivity index (χ1) is 21.8. The molecule has 2 aromatic carbocycles. The van der Waals surface area contributed by atoms with Gasteiger partial charge in [0.2, 0.25) is 17.7 Å². The topological polar surface area (TPSA) is 183 Å². The van der Waals surface area contributed by atoms with Gasteiger partial charge in [0.25, 0.3) is 0 Å². The molecule has 252 valence electrons. The average molecular weight is 659 g/mol. The molecule has 1 unspecified atom stereocenters. The molecule has 2 aromatic rings. The molecule has 13 heteroatoms. The number of alkyl carbamates (subject to hydrolysis) is 1. The normalized spacial score (nSPS) is 13.0. The Kier molecular flexibility index (Phi) is 15.9. The van der Waals surface area contributed by atoms with E-state index >= 15 is 0 Å². The van der Waals surface area contributed by atoms with E-state index in [1.807, 2.05) is 12.3 Å². The fourth-order valence-electron chi connectivity index (χ4n) is 4.46. The number of amides is 4. The number of carboxylic acid groups (broad SMARTS) is 1. The standard InChI is InChI=1S/C33H46N4O8S/c1-33(2,3)45-32(44)35-24(19-23-13-15-25(38)16-14-23)11-8-12-28(39)34-21-29(40)36-27(20-22-9-6-5-7-10-22)30(41)37-26(31(42)43)17-18-46-4/h5-7,9-10,13-16,24,26-27,38H,8,11-12,17-21H2,1-4H3,(H,34,39)(H,35,44)(H,36,40)(H,37,41)(H,42,43)/t24?,26-,27-/m0/s1. The maximum Gasteiger partial charge on any atom is 0.407 e. The zero-order chi connectivity index (χ0) is 34.1. The molecule has 0 bridgehead atoms. The van der Waals surface area contributed by atoms with Crippen molar-refractivity contribution in [2.75, 3.05) is 18.6 Å². The van der Waals surface area contributed by atoms with Crippen LogP contribution in [-0.4, -0.2) is 82.3 Å². The van der Waals surface area contributed by atoms with Crippen molar-refractivity contribution in [1.82, 2.24) is 21.3 Å². The van der Waals surface area contributed by atoms with Crippen molar-refractivity contribution in [3.63, 3.8) is 0 Å². The maximum absolute atomic E-state index is 13.1. The van der Waals surface area contributed by atoms with E-state index in [2.05, 4.69) is 21.3 Å². The van der Waals surface area contributed by atoms with Crippen molar-refractivity contribution < 1.29 is 38.9 Å². The molecule has 0 aliphatic rings. The summed E-state index contributed by atoms with van der Waals surface area (Å²) in [5.74, 6) is -2.11. The first-order valence-electron chi connectivity index (χ1n) is 15.1.